The summed E-state index contributed by atoms with van der Waals surface area (Å²) in [4.78, 5) is 11.7. The fourth-order valence-electron chi connectivity index (χ4n) is 1.47. The van der Waals surface area contributed by atoms with Crippen molar-refractivity contribution in [2.75, 3.05) is 26.8 Å². The molecule has 0 fully saturated rings. The summed E-state index contributed by atoms with van der Waals surface area (Å²) in [5.74, 6) is -0.463. The Hall–Kier alpha value is -0.660. The molecule has 0 aromatic carbocycles. The predicted octanol–water partition coefficient (Wildman–Crippen LogP) is -0.320. The Kier molecular flexibility index (Phi) is 8.13. The molecule has 0 aromatic heterocycles. The Morgan fingerprint density at radius 1 is 1.39 bits per heavy atom. The van der Waals surface area contributed by atoms with Crippen LogP contribution in [0.3, 0.4) is 0 Å². The first kappa shape index (κ1) is 17.3. The van der Waals surface area contributed by atoms with E-state index >= 15 is 0 Å². The van der Waals surface area contributed by atoms with Crippen molar-refractivity contribution < 1.29 is 17.9 Å². The summed E-state index contributed by atoms with van der Waals surface area (Å²) in [6, 6.07) is 0. The Bertz CT molecular complexity index is 343. The molecule has 6 nitrogen and oxygen atoms in total. The van der Waals surface area contributed by atoms with Gasteiger partial charge in [0, 0.05) is 20.3 Å². The molecule has 18 heavy (non-hydrogen) atoms. The lowest BCUT2D eigenvalue weighted by molar-refractivity contribution is -0.120. The molecule has 0 saturated carbocycles. The van der Waals surface area contributed by atoms with E-state index in [4.69, 9.17) is 10.5 Å². The van der Waals surface area contributed by atoms with Crippen molar-refractivity contribution in [2.24, 2.45) is 5.73 Å². The molecule has 0 heterocycles. The minimum atomic E-state index is -3.47. The molecular weight excluding hydrogens is 256 g/mol. The standard InChI is InChI=1S/C11H24N2O4S/c1-9(5-6-12)18(15,16)10(2)11(14)13-7-4-8-17-3/h9-10H,4-8,12H2,1-3H3,(H,13,14). The van der Waals surface area contributed by atoms with E-state index in [-0.39, 0.29) is 0 Å². The van der Waals surface area contributed by atoms with Crippen molar-refractivity contribution in [3.8, 4) is 0 Å². The lowest BCUT2D eigenvalue weighted by Gasteiger charge is -2.18. The summed E-state index contributed by atoms with van der Waals surface area (Å²) in [5.41, 5.74) is 5.34. The molecule has 0 saturated heterocycles. The average molecular weight is 280 g/mol. The van der Waals surface area contributed by atoms with Crippen LogP contribution in [0, 0.1) is 0 Å². The molecule has 3 N–H and O–H groups in total. The Morgan fingerprint density at radius 2 is 2.00 bits per heavy atom. The van der Waals surface area contributed by atoms with E-state index in [0.29, 0.717) is 32.5 Å². The third-order valence-corrected chi connectivity index (χ3v) is 5.38. The van der Waals surface area contributed by atoms with Crippen LogP contribution in [0.5, 0.6) is 0 Å². The van der Waals surface area contributed by atoms with Crippen LogP contribution in [-0.4, -0.2) is 51.6 Å². The zero-order chi connectivity index (χ0) is 14.2. The molecule has 7 heteroatoms. The maximum absolute atomic E-state index is 12.0. The second-order valence-corrected chi connectivity index (χ2v) is 6.95. The van der Waals surface area contributed by atoms with Gasteiger partial charge in [-0.1, -0.05) is 0 Å². The molecule has 0 rings (SSSR count). The summed E-state index contributed by atoms with van der Waals surface area (Å²) < 4.78 is 28.9. The van der Waals surface area contributed by atoms with Gasteiger partial charge in [-0.3, -0.25) is 4.79 Å². The van der Waals surface area contributed by atoms with Crippen LogP contribution in [0.15, 0.2) is 0 Å². The van der Waals surface area contributed by atoms with Crippen LogP contribution in [-0.2, 0) is 19.4 Å². The summed E-state index contributed by atoms with van der Waals surface area (Å²) >= 11 is 0. The molecule has 0 aliphatic rings. The van der Waals surface area contributed by atoms with E-state index in [1.165, 1.54) is 6.92 Å². The van der Waals surface area contributed by atoms with Crippen molar-refractivity contribution in [2.45, 2.75) is 37.2 Å². The van der Waals surface area contributed by atoms with Gasteiger partial charge < -0.3 is 15.8 Å². The smallest absolute Gasteiger partial charge is 0.238 e. The van der Waals surface area contributed by atoms with Crippen LogP contribution >= 0.6 is 0 Å². The van der Waals surface area contributed by atoms with Crippen molar-refractivity contribution in [1.82, 2.24) is 5.32 Å². The summed E-state index contributed by atoms with van der Waals surface area (Å²) in [7, 11) is -1.89. The number of ether oxygens (including phenoxy) is 1. The molecule has 0 radical (unpaired) electrons. The van der Waals surface area contributed by atoms with Gasteiger partial charge in [0.2, 0.25) is 5.91 Å². The first-order valence-electron chi connectivity index (χ1n) is 6.07. The van der Waals surface area contributed by atoms with Crippen molar-refractivity contribution in [3.05, 3.63) is 0 Å². The molecule has 2 unspecified atom stereocenters. The van der Waals surface area contributed by atoms with E-state index in [9.17, 15) is 13.2 Å². The Labute approximate surface area is 109 Å². The topological polar surface area (TPSA) is 98.5 Å². The maximum atomic E-state index is 12.0. The molecule has 108 valence electrons. The number of amides is 1. The summed E-state index contributed by atoms with van der Waals surface area (Å²) in [5, 5.41) is 0.956. The van der Waals surface area contributed by atoms with E-state index in [2.05, 4.69) is 5.32 Å². The van der Waals surface area contributed by atoms with Gasteiger partial charge >= 0.3 is 0 Å². The highest BCUT2D eigenvalue weighted by Crippen LogP contribution is 2.12. The van der Waals surface area contributed by atoms with Gasteiger partial charge in [0.1, 0.15) is 5.25 Å². The molecular formula is C11H24N2O4S. The number of carbonyl (C=O) groups excluding carboxylic acids is 1. The van der Waals surface area contributed by atoms with Crippen LogP contribution < -0.4 is 11.1 Å². The summed E-state index contributed by atoms with van der Waals surface area (Å²) in [6.07, 6.45) is 1.02. The first-order chi connectivity index (χ1) is 8.37. The first-order valence-corrected chi connectivity index (χ1v) is 7.68. The van der Waals surface area contributed by atoms with E-state index in [0.717, 1.165) is 0 Å². The van der Waals surface area contributed by atoms with Gasteiger partial charge in [0.05, 0.1) is 5.25 Å². The highest BCUT2D eigenvalue weighted by Gasteiger charge is 2.32. The fourth-order valence-corrected chi connectivity index (χ4v) is 3.01. The number of carbonyl (C=O) groups is 1. The molecule has 0 aliphatic carbocycles. The van der Waals surface area contributed by atoms with Gasteiger partial charge in [-0.05, 0) is 33.2 Å². The third-order valence-electron chi connectivity index (χ3n) is 2.82. The predicted molar refractivity (Wildman–Crippen MR) is 71.0 cm³/mol. The zero-order valence-electron chi connectivity index (χ0n) is 11.3. The second-order valence-electron chi connectivity index (χ2n) is 4.26. The monoisotopic (exact) mass is 280 g/mol. The molecule has 0 spiro atoms. The largest absolute Gasteiger partial charge is 0.385 e. The zero-order valence-corrected chi connectivity index (χ0v) is 12.1. The number of hydrogen-bond acceptors (Lipinski definition) is 5. The Morgan fingerprint density at radius 3 is 2.50 bits per heavy atom. The van der Waals surface area contributed by atoms with E-state index < -0.39 is 26.2 Å². The van der Waals surface area contributed by atoms with Crippen LogP contribution in [0.25, 0.3) is 0 Å². The number of nitrogens with one attached hydrogen (secondary N) is 1. The van der Waals surface area contributed by atoms with Gasteiger partial charge in [-0.2, -0.15) is 0 Å². The highest BCUT2D eigenvalue weighted by molar-refractivity contribution is 7.93. The van der Waals surface area contributed by atoms with E-state index in [1.54, 1.807) is 14.0 Å². The minimum Gasteiger partial charge on any atom is -0.385 e. The molecule has 1 amide bonds. The third kappa shape index (κ3) is 5.32. The average Bonchev–Trinajstić information content (AvgIpc) is 2.33. The van der Waals surface area contributed by atoms with Gasteiger partial charge in [0.25, 0.3) is 0 Å². The van der Waals surface area contributed by atoms with Gasteiger partial charge in [0.15, 0.2) is 9.84 Å². The van der Waals surface area contributed by atoms with Crippen molar-refractivity contribution >= 4 is 15.7 Å². The SMILES string of the molecule is COCCCNC(=O)C(C)S(=O)(=O)C(C)CCN. The number of rotatable bonds is 9. The van der Waals surface area contributed by atoms with Crippen molar-refractivity contribution in [3.63, 3.8) is 0 Å². The van der Waals surface area contributed by atoms with Gasteiger partial charge in [-0.15, -0.1) is 0 Å². The second kappa shape index (κ2) is 8.44. The number of methoxy groups -OCH3 is 1. The van der Waals surface area contributed by atoms with Crippen LogP contribution in [0.2, 0.25) is 0 Å². The highest BCUT2D eigenvalue weighted by atomic mass is 32.2. The summed E-state index contributed by atoms with van der Waals surface area (Å²) in [6.45, 7) is 4.23. The van der Waals surface area contributed by atoms with Crippen LogP contribution in [0.1, 0.15) is 26.7 Å². The lowest BCUT2D eigenvalue weighted by atomic mass is 10.3. The van der Waals surface area contributed by atoms with E-state index in [1.807, 2.05) is 0 Å². The van der Waals surface area contributed by atoms with Crippen LogP contribution in [0.4, 0.5) is 0 Å². The molecule has 0 bridgehead atoms. The number of sulfone groups is 1. The van der Waals surface area contributed by atoms with Crippen molar-refractivity contribution in [1.29, 1.82) is 0 Å². The Balaban J connectivity index is 4.35. The fraction of sp³-hybridized carbons (Fsp3) is 0.909. The number of nitrogens with two attached hydrogens (primary N) is 1. The molecule has 2 atom stereocenters. The number of hydrogen-bond donors (Lipinski definition) is 2. The van der Waals surface area contributed by atoms with Gasteiger partial charge in [-0.25, -0.2) is 8.42 Å². The quantitative estimate of drug-likeness (QED) is 0.564. The molecule has 0 aromatic rings. The maximum Gasteiger partial charge on any atom is 0.238 e. The normalized spacial score (nSPS) is 15.1. The lowest BCUT2D eigenvalue weighted by Crippen LogP contribution is -2.42. The molecule has 0 aliphatic heterocycles. The minimum absolute atomic E-state index is 0.294.